The number of rotatable bonds is 5. The zero-order valence-electron chi connectivity index (χ0n) is 11.9. The minimum absolute atomic E-state index is 0.0516. The van der Waals surface area contributed by atoms with Gasteiger partial charge in [0.2, 0.25) is 10.0 Å². The van der Waals surface area contributed by atoms with Crippen molar-refractivity contribution in [1.82, 2.24) is 4.31 Å². The lowest BCUT2D eigenvalue weighted by Crippen LogP contribution is -2.52. The Kier molecular flexibility index (Phi) is 4.97. The van der Waals surface area contributed by atoms with Gasteiger partial charge in [-0.25, -0.2) is 8.42 Å². The number of aryl methyl sites for hydroxylation is 1. The summed E-state index contributed by atoms with van der Waals surface area (Å²) >= 11 is 0. The van der Waals surface area contributed by atoms with Crippen LogP contribution < -0.4 is 0 Å². The highest BCUT2D eigenvalue weighted by atomic mass is 32.2. The Morgan fingerprint density at radius 3 is 2.62 bits per heavy atom. The van der Waals surface area contributed by atoms with E-state index < -0.39 is 22.0 Å². The Bertz CT molecular complexity index is 596. The van der Waals surface area contributed by atoms with Gasteiger partial charge in [-0.2, -0.15) is 4.31 Å². The smallest absolute Gasteiger partial charge is 0.324 e. The average molecular weight is 313 g/mol. The maximum atomic E-state index is 12.6. The van der Waals surface area contributed by atoms with Crippen molar-refractivity contribution >= 4 is 16.0 Å². The fourth-order valence-corrected chi connectivity index (χ4v) is 3.87. The molecule has 2 rings (SSSR count). The van der Waals surface area contributed by atoms with Gasteiger partial charge in [0.05, 0.1) is 18.1 Å². The molecule has 6 nitrogen and oxygen atoms in total. The molecule has 0 aromatic heterocycles. The lowest BCUT2D eigenvalue weighted by molar-refractivity contribution is -0.146. The van der Waals surface area contributed by atoms with Crippen LogP contribution in [0.3, 0.4) is 0 Å². The molecule has 7 heteroatoms. The molecule has 0 bridgehead atoms. The molecule has 1 heterocycles. The fourth-order valence-electron chi connectivity index (χ4n) is 2.32. The van der Waals surface area contributed by atoms with Crippen molar-refractivity contribution in [3.63, 3.8) is 0 Å². The van der Waals surface area contributed by atoms with E-state index in [2.05, 4.69) is 6.92 Å². The highest BCUT2D eigenvalue weighted by molar-refractivity contribution is 7.89. The summed E-state index contributed by atoms with van der Waals surface area (Å²) in [6.07, 6.45) is 1.87. The zero-order chi connectivity index (χ0) is 15.5. The molecule has 1 aliphatic heterocycles. The van der Waals surface area contributed by atoms with Gasteiger partial charge < -0.3 is 9.84 Å². The van der Waals surface area contributed by atoms with Gasteiger partial charge in [-0.15, -0.1) is 0 Å². The van der Waals surface area contributed by atoms with Gasteiger partial charge >= 0.3 is 5.97 Å². The van der Waals surface area contributed by atoms with Crippen molar-refractivity contribution < 1.29 is 23.1 Å². The fraction of sp³-hybridized carbons (Fsp3) is 0.500. The summed E-state index contributed by atoms with van der Waals surface area (Å²) < 4.78 is 31.2. The minimum atomic E-state index is -3.82. The van der Waals surface area contributed by atoms with Crippen molar-refractivity contribution in [1.29, 1.82) is 0 Å². The van der Waals surface area contributed by atoms with Gasteiger partial charge in [-0.05, 0) is 24.1 Å². The van der Waals surface area contributed by atoms with E-state index in [4.69, 9.17) is 9.84 Å². The Balaban J connectivity index is 2.29. The molecular weight excluding hydrogens is 294 g/mol. The van der Waals surface area contributed by atoms with Crippen molar-refractivity contribution in [2.45, 2.75) is 30.7 Å². The first-order valence-corrected chi connectivity index (χ1v) is 8.32. The van der Waals surface area contributed by atoms with Crippen LogP contribution in [0.2, 0.25) is 0 Å². The molecule has 1 aromatic rings. The van der Waals surface area contributed by atoms with Crippen LogP contribution in [0.15, 0.2) is 29.2 Å². The summed E-state index contributed by atoms with van der Waals surface area (Å²) in [5, 5.41) is 9.15. The number of hydrogen-bond donors (Lipinski definition) is 1. The third-order valence-corrected chi connectivity index (χ3v) is 5.36. The van der Waals surface area contributed by atoms with E-state index in [0.29, 0.717) is 0 Å². The van der Waals surface area contributed by atoms with Crippen LogP contribution in [0.5, 0.6) is 0 Å². The average Bonchev–Trinajstić information content (AvgIpc) is 2.48. The number of sulfonamides is 1. The van der Waals surface area contributed by atoms with E-state index in [-0.39, 0.29) is 24.7 Å². The minimum Gasteiger partial charge on any atom is -0.480 e. The predicted molar refractivity (Wildman–Crippen MR) is 76.6 cm³/mol. The summed E-state index contributed by atoms with van der Waals surface area (Å²) in [6, 6.07) is 5.45. The largest absolute Gasteiger partial charge is 0.480 e. The summed E-state index contributed by atoms with van der Waals surface area (Å²) in [5.74, 6) is -1.19. The van der Waals surface area contributed by atoms with Crippen LogP contribution in [0.1, 0.15) is 18.9 Å². The number of ether oxygens (including phenoxy) is 1. The summed E-state index contributed by atoms with van der Waals surface area (Å²) in [6.45, 7) is 2.19. The number of aliphatic carboxylic acids is 1. The lowest BCUT2D eigenvalue weighted by atomic mass is 10.1. The molecule has 0 spiro atoms. The second kappa shape index (κ2) is 6.55. The standard InChI is InChI=1S/C14H19NO5S/c1-2-3-11-4-6-12(7-5-11)21(18,19)15-8-9-20-10-13(15)14(16)17/h4-7,13H,2-3,8-10H2,1H3,(H,16,17). The molecular formula is C14H19NO5S. The summed E-state index contributed by atoms with van der Waals surface area (Å²) in [7, 11) is -3.82. The summed E-state index contributed by atoms with van der Waals surface area (Å²) in [4.78, 5) is 11.3. The van der Waals surface area contributed by atoms with Crippen LogP contribution in [0.4, 0.5) is 0 Å². The van der Waals surface area contributed by atoms with Crippen LogP contribution in [-0.2, 0) is 26.0 Å². The normalized spacial score (nSPS) is 20.3. The van der Waals surface area contributed by atoms with E-state index >= 15 is 0 Å². The van der Waals surface area contributed by atoms with Crippen molar-refractivity contribution in [2.75, 3.05) is 19.8 Å². The Labute approximate surface area is 124 Å². The molecule has 0 saturated carbocycles. The Hall–Kier alpha value is -1.44. The maximum absolute atomic E-state index is 12.6. The van der Waals surface area contributed by atoms with E-state index in [9.17, 15) is 13.2 Å². The molecule has 1 aliphatic rings. The molecule has 21 heavy (non-hydrogen) atoms. The molecule has 0 radical (unpaired) electrons. The summed E-state index contributed by atoms with van der Waals surface area (Å²) in [5.41, 5.74) is 1.06. The Morgan fingerprint density at radius 1 is 1.38 bits per heavy atom. The molecule has 1 unspecified atom stereocenters. The van der Waals surface area contributed by atoms with Crippen LogP contribution in [-0.4, -0.2) is 49.6 Å². The molecule has 1 aromatic carbocycles. The van der Waals surface area contributed by atoms with Gasteiger partial charge in [0.15, 0.2) is 0 Å². The lowest BCUT2D eigenvalue weighted by Gasteiger charge is -2.31. The third-order valence-electron chi connectivity index (χ3n) is 3.43. The molecule has 0 aliphatic carbocycles. The van der Waals surface area contributed by atoms with Crippen LogP contribution >= 0.6 is 0 Å². The van der Waals surface area contributed by atoms with Crippen molar-refractivity contribution in [3.05, 3.63) is 29.8 Å². The van der Waals surface area contributed by atoms with Crippen molar-refractivity contribution in [2.24, 2.45) is 0 Å². The van der Waals surface area contributed by atoms with Gasteiger partial charge in [-0.1, -0.05) is 25.5 Å². The second-order valence-corrected chi connectivity index (χ2v) is 6.83. The van der Waals surface area contributed by atoms with Gasteiger partial charge in [0.1, 0.15) is 6.04 Å². The van der Waals surface area contributed by atoms with Gasteiger partial charge in [-0.3, -0.25) is 4.79 Å². The molecule has 116 valence electrons. The predicted octanol–water partition coefficient (Wildman–Crippen LogP) is 1.11. The van der Waals surface area contributed by atoms with Crippen LogP contribution in [0, 0.1) is 0 Å². The van der Waals surface area contributed by atoms with Gasteiger partial charge in [0, 0.05) is 6.54 Å². The number of nitrogens with zero attached hydrogens (tertiary/aromatic N) is 1. The van der Waals surface area contributed by atoms with E-state index in [0.717, 1.165) is 22.7 Å². The zero-order valence-corrected chi connectivity index (χ0v) is 12.7. The number of carbonyl (C=O) groups is 1. The number of hydrogen-bond acceptors (Lipinski definition) is 4. The first-order valence-electron chi connectivity index (χ1n) is 6.88. The topological polar surface area (TPSA) is 83.9 Å². The first-order chi connectivity index (χ1) is 9.96. The second-order valence-electron chi connectivity index (χ2n) is 4.94. The SMILES string of the molecule is CCCc1ccc(S(=O)(=O)N2CCOCC2C(=O)O)cc1. The molecule has 1 fully saturated rings. The molecule has 1 atom stereocenters. The Morgan fingerprint density at radius 2 is 2.05 bits per heavy atom. The number of carboxylic acid groups (broad SMARTS) is 1. The van der Waals surface area contributed by atoms with E-state index in [1.807, 2.05) is 0 Å². The quantitative estimate of drug-likeness (QED) is 0.880. The highest BCUT2D eigenvalue weighted by Crippen LogP contribution is 2.21. The number of benzene rings is 1. The monoisotopic (exact) mass is 313 g/mol. The molecule has 1 N–H and O–H groups in total. The first kappa shape index (κ1) is 15.9. The van der Waals surface area contributed by atoms with Crippen molar-refractivity contribution in [3.8, 4) is 0 Å². The molecule has 0 amide bonds. The molecule has 1 saturated heterocycles. The van der Waals surface area contributed by atoms with Gasteiger partial charge in [0.25, 0.3) is 0 Å². The number of morpholine rings is 1. The van der Waals surface area contributed by atoms with E-state index in [1.165, 1.54) is 12.1 Å². The van der Waals surface area contributed by atoms with Crippen LogP contribution in [0.25, 0.3) is 0 Å². The third kappa shape index (κ3) is 3.42. The highest BCUT2D eigenvalue weighted by Gasteiger charge is 2.38. The number of carboxylic acids is 1. The van der Waals surface area contributed by atoms with E-state index in [1.54, 1.807) is 12.1 Å². The maximum Gasteiger partial charge on any atom is 0.324 e.